The molecule has 1 aromatic carbocycles. The first-order chi connectivity index (χ1) is 11.7. The van der Waals surface area contributed by atoms with Crippen molar-refractivity contribution in [3.05, 3.63) is 53.2 Å². The van der Waals surface area contributed by atoms with Gasteiger partial charge < -0.3 is 15.0 Å². The van der Waals surface area contributed by atoms with E-state index in [0.717, 1.165) is 35.8 Å². The summed E-state index contributed by atoms with van der Waals surface area (Å²) in [6, 6.07) is 9.51. The molecule has 0 saturated carbocycles. The molecule has 0 spiro atoms. The molecule has 1 saturated heterocycles. The molecule has 2 heterocycles. The fourth-order valence-corrected chi connectivity index (χ4v) is 2.90. The molecule has 5 nitrogen and oxygen atoms in total. The highest BCUT2D eigenvalue weighted by atomic mass is 16.5. The maximum Gasteiger partial charge on any atom is 0.251 e. The lowest BCUT2D eigenvalue weighted by Gasteiger charge is -2.16. The van der Waals surface area contributed by atoms with Crippen LogP contribution in [-0.4, -0.2) is 31.1 Å². The minimum Gasteiger partial charge on any atom is -0.496 e. The minimum absolute atomic E-state index is 0.114. The van der Waals surface area contributed by atoms with Crippen molar-refractivity contribution in [1.29, 1.82) is 0 Å². The highest BCUT2D eigenvalue weighted by molar-refractivity contribution is 5.94. The number of carbonyl (C=O) groups excluding carboxylic acids is 1. The molecule has 0 radical (unpaired) electrons. The Morgan fingerprint density at radius 3 is 2.71 bits per heavy atom. The molecule has 1 aliphatic heterocycles. The summed E-state index contributed by atoms with van der Waals surface area (Å²) in [5.74, 6) is 1.63. The van der Waals surface area contributed by atoms with Gasteiger partial charge >= 0.3 is 0 Å². The van der Waals surface area contributed by atoms with Crippen molar-refractivity contribution >= 4 is 11.7 Å². The lowest BCUT2D eigenvalue weighted by molar-refractivity contribution is 0.0950. The number of amides is 1. The molecular weight excluding hydrogens is 302 g/mol. The van der Waals surface area contributed by atoms with Gasteiger partial charge in [0, 0.05) is 31.4 Å². The van der Waals surface area contributed by atoms with Crippen LogP contribution in [-0.2, 0) is 6.54 Å². The third-order valence-corrected chi connectivity index (χ3v) is 4.36. The van der Waals surface area contributed by atoms with E-state index in [1.54, 1.807) is 13.2 Å². The monoisotopic (exact) mass is 325 g/mol. The number of aromatic nitrogens is 1. The number of benzene rings is 1. The number of carbonyl (C=O) groups is 1. The van der Waals surface area contributed by atoms with Crippen LogP contribution in [0.1, 0.15) is 34.3 Å². The molecule has 5 heteroatoms. The van der Waals surface area contributed by atoms with Crippen LogP contribution in [0, 0.1) is 6.92 Å². The average Bonchev–Trinajstić information content (AvgIpc) is 3.15. The number of ether oxygens (including phenoxy) is 1. The van der Waals surface area contributed by atoms with Crippen molar-refractivity contribution in [2.75, 3.05) is 25.1 Å². The van der Waals surface area contributed by atoms with Crippen LogP contribution in [0.15, 0.2) is 36.5 Å². The molecule has 2 aromatic rings. The normalized spacial score (nSPS) is 13.8. The SMILES string of the molecule is COc1cc(C(=O)NCc2ccc(N3CCCC3)nc2)ccc1C. The van der Waals surface area contributed by atoms with Crippen molar-refractivity contribution in [2.24, 2.45) is 0 Å². The molecule has 1 aromatic heterocycles. The zero-order valence-corrected chi connectivity index (χ0v) is 14.2. The van der Waals surface area contributed by atoms with Gasteiger partial charge in [0.05, 0.1) is 7.11 Å². The third kappa shape index (κ3) is 3.67. The van der Waals surface area contributed by atoms with Crippen LogP contribution < -0.4 is 15.0 Å². The largest absolute Gasteiger partial charge is 0.496 e. The molecule has 0 aliphatic carbocycles. The lowest BCUT2D eigenvalue weighted by atomic mass is 10.1. The summed E-state index contributed by atoms with van der Waals surface area (Å²) in [7, 11) is 1.61. The number of hydrogen-bond donors (Lipinski definition) is 1. The fraction of sp³-hybridized carbons (Fsp3) is 0.368. The van der Waals surface area contributed by atoms with Crippen molar-refractivity contribution in [2.45, 2.75) is 26.3 Å². The van der Waals surface area contributed by atoms with Gasteiger partial charge in [-0.25, -0.2) is 4.98 Å². The van der Waals surface area contributed by atoms with Crippen LogP contribution in [0.2, 0.25) is 0 Å². The van der Waals surface area contributed by atoms with Gasteiger partial charge in [0.15, 0.2) is 0 Å². The van der Waals surface area contributed by atoms with Crippen LogP contribution >= 0.6 is 0 Å². The molecule has 1 aliphatic rings. The Hall–Kier alpha value is -2.56. The van der Waals surface area contributed by atoms with E-state index < -0.39 is 0 Å². The van der Waals surface area contributed by atoms with E-state index in [2.05, 4.69) is 15.2 Å². The second-order valence-electron chi connectivity index (χ2n) is 6.09. The lowest BCUT2D eigenvalue weighted by Crippen LogP contribution is -2.23. The van der Waals surface area contributed by atoms with E-state index in [1.807, 2.05) is 37.4 Å². The van der Waals surface area contributed by atoms with Gasteiger partial charge in [-0.3, -0.25) is 4.79 Å². The summed E-state index contributed by atoms with van der Waals surface area (Å²) in [4.78, 5) is 19.1. The maximum absolute atomic E-state index is 12.3. The van der Waals surface area contributed by atoms with E-state index in [1.165, 1.54) is 12.8 Å². The molecule has 0 bridgehead atoms. The molecule has 24 heavy (non-hydrogen) atoms. The number of hydrogen-bond acceptors (Lipinski definition) is 4. The van der Waals surface area contributed by atoms with E-state index in [4.69, 9.17) is 4.74 Å². The third-order valence-electron chi connectivity index (χ3n) is 4.36. The van der Waals surface area contributed by atoms with Gasteiger partial charge in [0.1, 0.15) is 11.6 Å². The Labute approximate surface area is 142 Å². The molecule has 3 rings (SSSR count). The van der Waals surface area contributed by atoms with Gasteiger partial charge in [-0.2, -0.15) is 0 Å². The van der Waals surface area contributed by atoms with Gasteiger partial charge in [0.2, 0.25) is 0 Å². The number of rotatable bonds is 5. The summed E-state index contributed by atoms with van der Waals surface area (Å²) in [6.07, 6.45) is 4.31. The van der Waals surface area contributed by atoms with Gasteiger partial charge in [0.25, 0.3) is 5.91 Å². The van der Waals surface area contributed by atoms with E-state index in [9.17, 15) is 4.79 Å². The molecule has 0 unspecified atom stereocenters. The topological polar surface area (TPSA) is 54.5 Å². The second-order valence-corrected chi connectivity index (χ2v) is 6.09. The summed E-state index contributed by atoms with van der Waals surface area (Å²) in [5, 5.41) is 2.93. The zero-order valence-electron chi connectivity index (χ0n) is 14.2. The van der Waals surface area contributed by atoms with E-state index in [0.29, 0.717) is 12.1 Å². The Bertz CT molecular complexity index is 707. The van der Waals surface area contributed by atoms with Crippen LogP contribution in [0.3, 0.4) is 0 Å². The van der Waals surface area contributed by atoms with Crippen LogP contribution in [0.5, 0.6) is 5.75 Å². The summed E-state index contributed by atoms with van der Waals surface area (Å²) >= 11 is 0. The molecular formula is C19H23N3O2. The van der Waals surface area contributed by atoms with Crippen LogP contribution in [0.25, 0.3) is 0 Å². The standard InChI is InChI=1S/C19H23N3O2/c1-14-5-7-16(11-17(14)24-2)19(23)21-13-15-6-8-18(20-12-15)22-9-3-4-10-22/h5-8,11-12H,3-4,9-10,13H2,1-2H3,(H,21,23). The molecule has 126 valence electrons. The predicted molar refractivity (Wildman–Crippen MR) is 94.6 cm³/mol. The van der Waals surface area contributed by atoms with Gasteiger partial charge in [-0.1, -0.05) is 12.1 Å². The highest BCUT2D eigenvalue weighted by Crippen LogP contribution is 2.19. The van der Waals surface area contributed by atoms with Gasteiger partial charge in [-0.15, -0.1) is 0 Å². The Kier molecular flexibility index (Phi) is 4.99. The summed E-state index contributed by atoms with van der Waals surface area (Å²) < 4.78 is 5.27. The van der Waals surface area contributed by atoms with Crippen LogP contribution in [0.4, 0.5) is 5.82 Å². The Balaban J connectivity index is 1.59. The molecule has 0 atom stereocenters. The summed E-state index contributed by atoms with van der Waals surface area (Å²) in [6.45, 7) is 4.58. The van der Waals surface area contributed by atoms with E-state index in [-0.39, 0.29) is 5.91 Å². The predicted octanol–water partition coefficient (Wildman–Crippen LogP) is 2.93. The first-order valence-corrected chi connectivity index (χ1v) is 8.30. The minimum atomic E-state index is -0.114. The zero-order chi connectivity index (χ0) is 16.9. The van der Waals surface area contributed by atoms with Crippen molar-refractivity contribution in [3.63, 3.8) is 0 Å². The highest BCUT2D eigenvalue weighted by Gasteiger charge is 2.13. The first-order valence-electron chi connectivity index (χ1n) is 8.30. The number of pyridine rings is 1. The Morgan fingerprint density at radius 2 is 2.04 bits per heavy atom. The molecule has 1 N–H and O–H groups in total. The van der Waals surface area contributed by atoms with Crippen molar-refractivity contribution < 1.29 is 9.53 Å². The molecule has 1 amide bonds. The Morgan fingerprint density at radius 1 is 1.25 bits per heavy atom. The smallest absolute Gasteiger partial charge is 0.251 e. The number of anilines is 1. The van der Waals surface area contributed by atoms with Crippen molar-refractivity contribution in [1.82, 2.24) is 10.3 Å². The summed E-state index contributed by atoms with van der Waals surface area (Å²) in [5.41, 5.74) is 2.60. The second kappa shape index (κ2) is 7.34. The molecule has 1 fully saturated rings. The number of aryl methyl sites for hydroxylation is 1. The fourth-order valence-electron chi connectivity index (χ4n) is 2.90. The quantitative estimate of drug-likeness (QED) is 0.918. The van der Waals surface area contributed by atoms with Gasteiger partial charge in [-0.05, 0) is 49.1 Å². The number of methoxy groups -OCH3 is 1. The van der Waals surface area contributed by atoms with E-state index >= 15 is 0 Å². The first kappa shape index (κ1) is 16.3. The number of nitrogens with one attached hydrogen (secondary N) is 1. The number of nitrogens with zero attached hydrogens (tertiary/aromatic N) is 2. The van der Waals surface area contributed by atoms with Crippen molar-refractivity contribution in [3.8, 4) is 5.75 Å². The average molecular weight is 325 g/mol. The maximum atomic E-state index is 12.3.